The first-order chi connectivity index (χ1) is 5.39. The van der Waals surface area contributed by atoms with E-state index in [1.54, 1.807) is 7.11 Å². The van der Waals surface area contributed by atoms with Crippen LogP contribution in [0.3, 0.4) is 0 Å². The highest BCUT2D eigenvalue weighted by Crippen LogP contribution is 2.03. The van der Waals surface area contributed by atoms with E-state index in [4.69, 9.17) is 4.74 Å². The number of hydrogen-bond acceptors (Lipinski definition) is 3. The Balaban J connectivity index is 4.26. The van der Waals surface area contributed by atoms with E-state index in [0.29, 0.717) is 13.2 Å². The molecule has 0 fully saturated rings. The van der Waals surface area contributed by atoms with Crippen molar-refractivity contribution in [2.75, 3.05) is 26.5 Å². The second-order valence-electron chi connectivity index (χ2n) is 2.96. The minimum Gasteiger partial charge on any atom is -0.383 e. The van der Waals surface area contributed by atoms with Crippen molar-refractivity contribution in [3.05, 3.63) is 0 Å². The molecule has 5 heteroatoms. The number of hydrogen-bond donors (Lipinski definition) is 0. The minimum absolute atomic E-state index is 0.00449. The quantitative estimate of drug-likeness (QED) is 0.634. The molecule has 0 unspecified atom stereocenters. The van der Waals surface area contributed by atoms with Crippen LogP contribution in [0.4, 0.5) is 0 Å². The molecule has 0 aliphatic carbocycles. The predicted octanol–water partition coefficient (Wildman–Crippen LogP) is 0.303. The van der Waals surface area contributed by atoms with Crippen LogP contribution in [0.2, 0.25) is 0 Å². The maximum absolute atomic E-state index is 11.1. The summed E-state index contributed by atoms with van der Waals surface area (Å²) in [7, 11) is -1.53. The smallest absolute Gasteiger partial charge is 0.211 e. The van der Waals surface area contributed by atoms with Gasteiger partial charge in [0.2, 0.25) is 10.0 Å². The molecule has 12 heavy (non-hydrogen) atoms. The van der Waals surface area contributed by atoms with Crippen molar-refractivity contribution in [3.8, 4) is 0 Å². The van der Waals surface area contributed by atoms with Gasteiger partial charge in [-0.25, -0.2) is 8.42 Å². The molecule has 0 saturated carbocycles. The SMILES string of the molecule is COCCN(C(C)C)S(C)(=O)=O. The van der Waals surface area contributed by atoms with Crippen molar-refractivity contribution >= 4 is 10.0 Å². The van der Waals surface area contributed by atoms with Crippen molar-refractivity contribution in [2.24, 2.45) is 0 Å². The first-order valence-electron chi connectivity index (χ1n) is 3.85. The zero-order valence-corrected chi connectivity index (χ0v) is 8.89. The lowest BCUT2D eigenvalue weighted by Crippen LogP contribution is -2.38. The summed E-state index contributed by atoms with van der Waals surface area (Å²) in [6.45, 7) is 4.55. The van der Waals surface area contributed by atoms with Gasteiger partial charge in [-0.2, -0.15) is 4.31 Å². The summed E-state index contributed by atoms with van der Waals surface area (Å²) in [6.07, 6.45) is 1.21. The summed E-state index contributed by atoms with van der Waals surface area (Å²) < 4.78 is 28.5. The van der Waals surface area contributed by atoms with E-state index in [1.807, 2.05) is 13.8 Å². The van der Waals surface area contributed by atoms with Gasteiger partial charge in [0.1, 0.15) is 0 Å². The van der Waals surface area contributed by atoms with Gasteiger partial charge in [-0.1, -0.05) is 0 Å². The molecule has 0 aromatic rings. The summed E-state index contributed by atoms with van der Waals surface area (Å²) in [4.78, 5) is 0. The van der Waals surface area contributed by atoms with Gasteiger partial charge < -0.3 is 4.74 Å². The molecular weight excluding hydrogens is 178 g/mol. The molecule has 0 aliphatic rings. The van der Waals surface area contributed by atoms with E-state index in [2.05, 4.69) is 0 Å². The fraction of sp³-hybridized carbons (Fsp3) is 1.00. The van der Waals surface area contributed by atoms with Gasteiger partial charge in [0.25, 0.3) is 0 Å². The first kappa shape index (κ1) is 11.9. The second-order valence-corrected chi connectivity index (χ2v) is 4.90. The van der Waals surface area contributed by atoms with E-state index in [0.717, 1.165) is 0 Å². The fourth-order valence-corrected chi connectivity index (χ4v) is 2.16. The van der Waals surface area contributed by atoms with Crippen LogP contribution in [-0.2, 0) is 14.8 Å². The molecule has 0 spiro atoms. The minimum atomic E-state index is -3.08. The molecule has 0 bridgehead atoms. The normalized spacial score (nSPS) is 12.8. The number of rotatable bonds is 5. The third-order valence-corrected chi connectivity index (χ3v) is 2.97. The van der Waals surface area contributed by atoms with E-state index >= 15 is 0 Å². The zero-order valence-electron chi connectivity index (χ0n) is 8.07. The molecule has 0 aromatic carbocycles. The lowest BCUT2D eigenvalue weighted by molar-refractivity contribution is 0.171. The molecule has 0 N–H and O–H groups in total. The molecule has 0 heterocycles. The monoisotopic (exact) mass is 195 g/mol. The number of sulfonamides is 1. The van der Waals surface area contributed by atoms with Crippen LogP contribution in [0.15, 0.2) is 0 Å². The lowest BCUT2D eigenvalue weighted by atomic mass is 10.4. The maximum atomic E-state index is 11.1. The molecule has 0 atom stereocenters. The van der Waals surface area contributed by atoms with Gasteiger partial charge in [0.05, 0.1) is 12.9 Å². The number of methoxy groups -OCH3 is 1. The third-order valence-electron chi connectivity index (χ3n) is 1.52. The van der Waals surface area contributed by atoms with Crippen LogP contribution in [0.1, 0.15) is 13.8 Å². The maximum Gasteiger partial charge on any atom is 0.211 e. The number of nitrogens with zero attached hydrogens (tertiary/aromatic N) is 1. The molecule has 4 nitrogen and oxygen atoms in total. The van der Waals surface area contributed by atoms with E-state index in [-0.39, 0.29) is 6.04 Å². The standard InChI is InChI=1S/C7H17NO3S/c1-7(2)8(5-6-11-3)12(4,9)10/h7H,5-6H2,1-4H3. The summed E-state index contributed by atoms with van der Waals surface area (Å²) in [5, 5.41) is 0. The average Bonchev–Trinajstić information content (AvgIpc) is 1.84. The van der Waals surface area contributed by atoms with Gasteiger partial charge in [-0.15, -0.1) is 0 Å². The Morgan fingerprint density at radius 1 is 1.42 bits per heavy atom. The first-order valence-corrected chi connectivity index (χ1v) is 5.70. The Kier molecular flexibility index (Phi) is 4.74. The summed E-state index contributed by atoms with van der Waals surface area (Å²) >= 11 is 0. The predicted molar refractivity (Wildman–Crippen MR) is 48.6 cm³/mol. The largest absolute Gasteiger partial charge is 0.383 e. The molecular formula is C7H17NO3S. The van der Waals surface area contributed by atoms with Gasteiger partial charge in [0.15, 0.2) is 0 Å². The average molecular weight is 195 g/mol. The molecule has 0 radical (unpaired) electrons. The van der Waals surface area contributed by atoms with Crippen molar-refractivity contribution in [2.45, 2.75) is 19.9 Å². The van der Waals surface area contributed by atoms with Crippen LogP contribution in [-0.4, -0.2) is 45.3 Å². The van der Waals surface area contributed by atoms with Crippen LogP contribution in [0, 0.1) is 0 Å². The van der Waals surface area contributed by atoms with E-state index in [1.165, 1.54) is 10.6 Å². The van der Waals surface area contributed by atoms with Crippen molar-refractivity contribution in [1.82, 2.24) is 4.31 Å². The van der Waals surface area contributed by atoms with Crippen molar-refractivity contribution in [1.29, 1.82) is 0 Å². The Labute approximate surface area is 74.6 Å². The summed E-state index contributed by atoms with van der Waals surface area (Å²) in [6, 6.07) is -0.00449. The van der Waals surface area contributed by atoms with Crippen LogP contribution in [0.5, 0.6) is 0 Å². The number of ether oxygens (including phenoxy) is 1. The Hall–Kier alpha value is -0.130. The second kappa shape index (κ2) is 4.79. The van der Waals surface area contributed by atoms with E-state index in [9.17, 15) is 8.42 Å². The van der Waals surface area contributed by atoms with Crippen molar-refractivity contribution < 1.29 is 13.2 Å². The zero-order chi connectivity index (χ0) is 9.78. The van der Waals surface area contributed by atoms with Gasteiger partial charge in [-0.05, 0) is 13.8 Å². The Bertz CT molecular complexity index is 211. The highest BCUT2D eigenvalue weighted by atomic mass is 32.2. The fourth-order valence-electron chi connectivity index (χ4n) is 0.988. The van der Waals surface area contributed by atoms with Crippen LogP contribution >= 0.6 is 0 Å². The van der Waals surface area contributed by atoms with Crippen LogP contribution in [0.25, 0.3) is 0 Å². The van der Waals surface area contributed by atoms with Gasteiger partial charge in [-0.3, -0.25) is 0 Å². The molecule has 0 aromatic heterocycles. The van der Waals surface area contributed by atoms with E-state index < -0.39 is 10.0 Å². The molecule has 0 rings (SSSR count). The van der Waals surface area contributed by atoms with Crippen LogP contribution < -0.4 is 0 Å². The Morgan fingerprint density at radius 3 is 2.17 bits per heavy atom. The van der Waals surface area contributed by atoms with Crippen molar-refractivity contribution in [3.63, 3.8) is 0 Å². The molecule has 0 amide bonds. The summed E-state index contributed by atoms with van der Waals surface area (Å²) in [5.41, 5.74) is 0. The summed E-state index contributed by atoms with van der Waals surface area (Å²) in [5.74, 6) is 0. The highest BCUT2D eigenvalue weighted by molar-refractivity contribution is 7.88. The lowest BCUT2D eigenvalue weighted by Gasteiger charge is -2.23. The topological polar surface area (TPSA) is 46.6 Å². The van der Waals surface area contributed by atoms with Gasteiger partial charge in [0, 0.05) is 19.7 Å². The van der Waals surface area contributed by atoms with Gasteiger partial charge >= 0.3 is 0 Å². The molecule has 0 saturated heterocycles. The Morgan fingerprint density at radius 2 is 1.92 bits per heavy atom. The third kappa shape index (κ3) is 4.04. The molecule has 74 valence electrons. The molecule has 0 aliphatic heterocycles. The highest BCUT2D eigenvalue weighted by Gasteiger charge is 2.18.